The Morgan fingerprint density at radius 3 is 2.36 bits per heavy atom. The first kappa shape index (κ1) is 7.87. The predicted octanol–water partition coefficient (Wildman–Crippen LogP) is 2.70. The number of hydrogen-bond donors (Lipinski definition) is 0. The molecule has 11 heavy (non-hydrogen) atoms. The summed E-state index contributed by atoms with van der Waals surface area (Å²) in [5.41, 5.74) is 1.22. The lowest BCUT2D eigenvalue weighted by Gasteiger charge is -2.03. The van der Waals surface area contributed by atoms with Crippen molar-refractivity contribution in [2.24, 2.45) is 7.05 Å². The minimum Gasteiger partial charge on any atom is -0.364 e. The van der Waals surface area contributed by atoms with Crippen molar-refractivity contribution in [1.29, 1.82) is 0 Å². The van der Waals surface area contributed by atoms with Crippen LogP contribution < -0.4 is 0 Å². The molecule has 0 atom stereocenters. The molecule has 0 aliphatic carbocycles. The van der Waals surface area contributed by atoms with Crippen LogP contribution in [-0.4, -0.2) is 4.57 Å². The Morgan fingerprint density at radius 1 is 1.45 bits per heavy atom. The Bertz CT molecular complexity index is 289. The van der Waals surface area contributed by atoms with Crippen LogP contribution in [0.2, 0.25) is 0 Å². The Kier molecular flexibility index (Phi) is 2.00. The summed E-state index contributed by atoms with van der Waals surface area (Å²) in [5.74, 6) is 1.21. The fourth-order valence-electron chi connectivity index (χ4n) is 1.21. The smallest absolute Gasteiger partial charge is 0.230 e. The van der Waals surface area contributed by atoms with Gasteiger partial charge in [-0.15, -0.1) is 0 Å². The maximum Gasteiger partial charge on any atom is 0.230 e. The summed E-state index contributed by atoms with van der Waals surface area (Å²) in [6.45, 7) is 11.1. The molecule has 0 saturated carbocycles. The second-order valence-electron chi connectivity index (χ2n) is 2.94. The highest BCUT2D eigenvalue weighted by molar-refractivity contribution is 5.41. The molecule has 0 aromatic carbocycles. The summed E-state index contributed by atoms with van der Waals surface area (Å²) in [6.07, 6.45) is 0. The van der Waals surface area contributed by atoms with Gasteiger partial charge in [0.05, 0.1) is 12.7 Å². The van der Waals surface area contributed by atoms with E-state index in [1.54, 1.807) is 0 Å². The van der Waals surface area contributed by atoms with E-state index in [2.05, 4.69) is 18.7 Å². The summed E-state index contributed by atoms with van der Waals surface area (Å²) in [6, 6.07) is 3.88. The van der Waals surface area contributed by atoms with Gasteiger partial charge in [-0.2, -0.15) is 0 Å². The number of aromatic nitrogens is 1. The maximum atomic E-state index is 6.84. The van der Waals surface area contributed by atoms with Crippen LogP contribution in [-0.2, 0) is 7.05 Å². The van der Waals surface area contributed by atoms with Crippen LogP contribution in [0.25, 0.3) is 4.85 Å². The molecule has 1 rings (SSSR count). The average molecular weight is 148 g/mol. The molecule has 1 heterocycles. The third kappa shape index (κ3) is 1.27. The van der Waals surface area contributed by atoms with Crippen LogP contribution in [0.5, 0.6) is 0 Å². The summed E-state index contributed by atoms with van der Waals surface area (Å²) in [7, 11) is 1.93. The molecule has 1 aromatic heterocycles. The largest absolute Gasteiger partial charge is 0.364 e. The third-order valence-corrected chi connectivity index (χ3v) is 1.84. The fraction of sp³-hybridized carbons (Fsp3) is 0.444. The second-order valence-corrected chi connectivity index (χ2v) is 2.94. The van der Waals surface area contributed by atoms with Crippen LogP contribution in [0.1, 0.15) is 25.5 Å². The maximum absolute atomic E-state index is 6.84. The van der Waals surface area contributed by atoms with E-state index in [1.165, 1.54) is 5.69 Å². The van der Waals surface area contributed by atoms with Crippen molar-refractivity contribution in [1.82, 2.24) is 4.57 Å². The van der Waals surface area contributed by atoms with Crippen LogP contribution in [0.4, 0.5) is 5.82 Å². The highest BCUT2D eigenvalue weighted by Gasteiger charge is 2.08. The molecule has 58 valence electrons. The highest BCUT2D eigenvalue weighted by Crippen LogP contribution is 2.21. The van der Waals surface area contributed by atoms with E-state index in [0.29, 0.717) is 11.7 Å². The van der Waals surface area contributed by atoms with E-state index in [1.807, 2.05) is 23.7 Å². The van der Waals surface area contributed by atoms with Crippen molar-refractivity contribution in [2.75, 3.05) is 0 Å². The van der Waals surface area contributed by atoms with Gasteiger partial charge < -0.3 is 4.85 Å². The van der Waals surface area contributed by atoms with Gasteiger partial charge in [0.15, 0.2) is 0 Å². The molecule has 0 spiro atoms. The Balaban J connectivity index is 3.13. The minimum atomic E-state index is 0.496. The van der Waals surface area contributed by atoms with Gasteiger partial charge in [0, 0.05) is 5.92 Å². The van der Waals surface area contributed by atoms with Gasteiger partial charge in [0.1, 0.15) is 0 Å². The Morgan fingerprint density at radius 2 is 2.09 bits per heavy atom. The van der Waals surface area contributed by atoms with Crippen LogP contribution in [0, 0.1) is 6.57 Å². The molecule has 1 aromatic rings. The van der Waals surface area contributed by atoms with E-state index >= 15 is 0 Å². The van der Waals surface area contributed by atoms with Gasteiger partial charge >= 0.3 is 0 Å². The van der Waals surface area contributed by atoms with Gasteiger partial charge in [0.25, 0.3) is 0 Å². The van der Waals surface area contributed by atoms with Crippen molar-refractivity contribution in [3.8, 4) is 0 Å². The van der Waals surface area contributed by atoms with Crippen LogP contribution >= 0.6 is 0 Å². The van der Waals surface area contributed by atoms with Crippen molar-refractivity contribution >= 4 is 5.82 Å². The SMILES string of the molecule is [C-]#[N+]c1ccc(C(C)C)n1C. The van der Waals surface area contributed by atoms with E-state index in [-0.39, 0.29) is 0 Å². The first-order valence-electron chi connectivity index (χ1n) is 3.70. The fourth-order valence-corrected chi connectivity index (χ4v) is 1.21. The van der Waals surface area contributed by atoms with E-state index in [0.717, 1.165) is 0 Å². The van der Waals surface area contributed by atoms with Gasteiger partial charge in [-0.3, -0.25) is 4.57 Å². The molecule has 0 bridgehead atoms. The summed E-state index contributed by atoms with van der Waals surface area (Å²) < 4.78 is 1.94. The molecule has 0 aliphatic heterocycles. The molecule has 0 unspecified atom stereocenters. The lowest BCUT2D eigenvalue weighted by molar-refractivity contribution is 0.748. The monoisotopic (exact) mass is 148 g/mol. The van der Waals surface area contributed by atoms with Crippen molar-refractivity contribution in [3.05, 3.63) is 29.2 Å². The predicted molar refractivity (Wildman–Crippen MR) is 45.8 cm³/mol. The minimum absolute atomic E-state index is 0.496. The molecular formula is C9H12N2. The van der Waals surface area contributed by atoms with Crippen LogP contribution in [0.3, 0.4) is 0 Å². The van der Waals surface area contributed by atoms with Crippen molar-refractivity contribution < 1.29 is 0 Å². The van der Waals surface area contributed by atoms with E-state index in [9.17, 15) is 0 Å². The number of hydrogen-bond acceptors (Lipinski definition) is 0. The first-order valence-corrected chi connectivity index (χ1v) is 3.70. The molecule has 2 heteroatoms. The number of nitrogens with zero attached hydrogens (tertiary/aromatic N) is 2. The molecule has 0 fully saturated rings. The standard InChI is InChI=1S/C9H12N2/c1-7(2)8-5-6-9(10-3)11(8)4/h5-7H,1-2,4H3. The molecule has 0 radical (unpaired) electrons. The Labute approximate surface area is 67.3 Å². The summed E-state index contributed by atoms with van der Waals surface area (Å²) in [5, 5.41) is 0. The molecule has 0 amide bonds. The molecule has 0 saturated heterocycles. The zero-order chi connectivity index (χ0) is 8.43. The average Bonchev–Trinajstić information content (AvgIpc) is 2.30. The topological polar surface area (TPSA) is 9.29 Å². The van der Waals surface area contributed by atoms with Gasteiger partial charge in [0.2, 0.25) is 5.82 Å². The van der Waals surface area contributed by atoms with Crippen molar-refractivity contribution in [2.45, 2.75) is 19.8 Å². The van der Waals surface area contributed by atoms with Crippen molar-refractivity contribution in [3.63, 3.8) is 0 Å². The zero-order valence-electron chi connectivity index (χ0n) is 7.13. The lowest BCUT2D eigenvalue weighted by Crippen LogP contribution is -1.96. The summed E-state index contributed by atoms with van der Waals surface area (Å²) >= 11 is 0. The lowest BCUT2D eigenvalue weighted by atomic mass is 10.1. The summed E-state index contributed by atoms with van der Waals surface area (Å²) in [4.78, 5) is 3.39. The van der Waals surface area contributed by atoms with Gasteiger partial charge in [-0.25, -0.2) is 0 Å². The van der Waals surface area contributed by atoms with Crippen LogP contribution in [0.15, 0.2) is 12.1 Å². The first-order chi connectivity index (χ1) is 5.16. The van der Waals surface area contributed by atoms with E-state index in [4.69, 9.17) is 6.57 Å². The zero-order valence-corrected chi connectivity index (χ0v) is 7.13. The molecule has 0 aliphatic rings. The normalized spacial score (nSPS) is 10.1. The highest BCUT2D eigenvalue weighted by atomic mass is 15.0. The molecule has 0 N–H and O–H groups in total. The second kappa shape index (κ2) is 2.79. The molecule has 2 nitrogen and oxygen atoms in total. The third-order valence-electron chi connectivity index (χ3n) is 1.84. The Hall–Kier alpha value is -1.23. The van der Waals surface area contributed by atoms with Gasteiger partial charge in [-0.05, 0) is 12.1 Å². The quantitative estimate of drug-likeness (QED) is 0.542. The molecular weight excluding hydrogens is 136 g/mol. The van der Waals surface area contributed by atoms with Gasteiger partial charge in [-0.1, -0.05) is 20.4 Å². The van der Waals surface area contributed by atoms with E-state index < -0.39 is 0 Å². The number of rotatable bonds is 1.